The molecule has 0 spiro atoms. The lowest BCUT2D eigenvalue weighted by Crippen LogP contribution is -2.43. The Morgan fingerprint density at radius 1 is 1.40 bits per heavy atom. The Labute approximate surface area is 122 Å². The largest absolute Gasteiger partial charge is 0.391 e. The smallest absolute Gasteiger partial charge is 0.128 e. The highest BCUT2D eigenvalue weighted by Crippen LogP contribution is 2.21. The highest BCUT2D eigenvalue weighted by atomic mass is 16.3. The van der Waals surface area contributed by atoms with Gasteiger partial charge in [0.25, 0.3) is 0 Å². The molecule has 112 valence electrons. The van der Waals surface area contributed by atoms with Crippen LogP contribution < -0.4 is 10.2 Å². The van der Waals surface area contributed by atoms with E-state index in [0.717, 1.165) is 25.3 Å². The molecule has 0 radical (unpaired) electrons. The number of aromatic nitrogens is 1. The van der Waals surface area contributed by atoms with Crippen LogP contribution in [-0.4, -0.2) is 34.8 Å². The molecule has 2 N–H and O–H groups in total. The maximum absolute atomic E-state index is 9.96. The number of aliphatic hydroxyl groups is 1. The normalized spacial score (nSPS) is 23.9. The molecule has 0 saturated carbocycles. The summed E-state index contributed by atoms with van der Waals surface area (Å²) >= 11 is 0. The van der Waals surface area contributed by atoms with Gasteiger partial charge in [-0.1, -0.05) is 13.0 Å². The van der Waals surface area contributed by atoms with Crippen LogP contribution in [-0.2, 0) is 6.54 Å². The zero-order valence-corrected chi connectivity index (χ0v) is 13.1. The van der Waals surface area contributed by atoms with Crippen molar-refractivity contribution in [2.24, 2.45) is 5.92 Å². The summed E-state index contributed by atoms with van der Waals surface area (Å²) in [5.41, 5.74) is 1.31. The molecule has 20 heavy (non-hydrogen) atoms. The van der Waals surface area contributed by atoms with Crippen molar-refractivity contribution in [3.63, 3.8) is 0 Å². The Bertz CT molecular complexity index is 424. The number of nitrogens with zero attached hydrogens (tertiary/aromatic N) is 2. The van der Waals surface area contributed by atoms with E-state index in [1.165, 1.54) is 5.56 Å². The average Bonchev–Trinajstić information content (AvgIpc) is 2.39. The molecule has 4 nitrogen and oxygen atoms in total. The van der Waals surface area contributed by atoms with E-state index in [-0.39, 0.29) is 11.6 Å². The molecule has 2 atom stereocenters. The lowest BCUT2D eigenvalue weighted by Gasteiger charge is -2.35. The van der Waals surface area contributed by atoms with E-state index in [2.05, 4.69) is 55.0 Å². The molecule has 2 heterocycles. The number of anilines is 1. The van der Waals surface area contributed by atoms with E-state index < -0.39 is 0 Å². The lowest BCUT2D eigenvalue weighted by atomic mass is 9.96. The molecular weight excluding hydrogens is 250 g/mol. The first kappa shape index (κ1) is 15.3. The first-order valence-electron chi connectivity index (χ1n) is 7.48. The minimum absolute atomic E-state index is 0.117. The minimum atomic E-state index is -0.243. The van der Waals surface area contributed by atoms with Gasteiger partial charge in [0, 0.05) is 31.4 Å². The van der Waals surface area contributed by atoms with Gasteiger partial charge in [-0.15, -0.1) is 0 Å². The third kappa shape index (κ3) is 4.18. The van der Waals surface area contributed by atoms with Gasteiger partial charge in [-0.25, -0.2) is 4.98 Å². The molecule has 1 fully saturated rings. The van der Waals surface area contributed by atoms with Crippen molar-refractivity contribution in [2.75, 3.05) is 18.0 Å². The van der Waals surface area contributed by atoms with Crippen molar-refractivity contribution >= 4 is 5.82 Å². The SMILES string of the molecule is CC1CCN(c2ccc(CNC(C)(C)C)cn2)CC1O. The van der Waals surface area contributed by atoms with E-state index in [9.17, 15) is 5.11 Å². The van der Waals surface area contributed by atoms with Crippen LogP contribution in [0, 0.1) is 5.92 Å². The Balaban J connectivity index is 1.94. The molecule has 0 bridgehead atoms. The monoisotopic (exact) mass is 277 g/mol. The molecule has 0 amide bonds. The summed E-state index contributed by atoms with van der Waals surface area (Å²) in [6.07, 6.45) is 2.71. The summed E-state index contributed by atoms with van der Waals surface area (Å²) in [6, 6.07) is 4.17. The van der Waals surface area contributed by atoms with Crippen LogP contribution >= 0.6 is 0 Å². The first-order valence-corrected chi connectivity index (χ1v) is 7.48. The number of hydrogen-bond donors (Lipinski definition) is 2. The van der Waals surface area contributed by atoms with Crippen LogP contribution in [0.5, 0.6) is 0 Å². The number of nitrogens with one attached hydrogen (secondary N) is 1. The molecule has 2 unspecified atom stereocenters. The Hall–Kier alpha value is -1.13. The molecule has 0 aliphatic carbocycles. The van der Waals surface area contributed by atoms with E-state index in [4.69, 9.17) is 0 Å². The van der Waals surface area contributed by atoms with Crippen molar-refractivity contribution in [3.05, 3.63) is 23.9 Å². The predicted octanol–water partition coefficient (Wildman–Crippen LogP) is 2.18. The Kier molecular flexibility index (Phi) is 4.66. The highest BCUT2D eigenvalue weighted by Gasteiger charge is 2.24. The van der Waals surface area contributed by atoms with Crippen LogP contribution in [0.2, 0.25) is 0 Å². The molecule has 1 saturated heterocycles. The Morgan fingerprint density at radius 2 is 2.15 bits per heavy atom. The number of pyridine rings is 1. The summed E-state index contributed by atoms with van der Waals surface area (Å²) in [7, 11) is 0. The molecule has 1 aromatic rings. The third-order valence-electron chi connectivity index (χ3n) is 3.87. The van der Waals surface area contributed by atoms with Crippen LogP contribution in [0.25, 0.3) is 0 Å². The van der Waals surface area contributed by atoms with Gasteiger partial charge in [-0.2, -0.15) is 0 Å². The van der Waals surface area contributed by atoms with Gasteiger partial charge in [0.2, 0.25) is 0 Å². The van der Waals surface area contributed by atoms with Crippen LogP contribution in [0.4, 0.5) is 5.82 Å². The maximum atomic E-state index is 9.96. The van der Waals surface area contributed by atoms with Crippen molar-refractivity contribution in [3.8, 4) is 0 Å². The fourth-order valence-corrected chi connectivity index (χ4v) is 2.33. The fraction of sp³-hybridized carbons (Fsp3) is 0.688. The van der Waals surface area contributed by atoms with Crippen molar-refractivity contribution in [1.82, 2.24) is 10.3 Å². The van der Waals surface area contributed by atoms with Gasteiger partial charge in [0.1, 0.15) is 5.82 Å². The van der Waals surface area contributed by atoms with E-state index in [1.54, 1.807) is 0 Å². The van der Waals surface area contributed by atoms with Gasteiger partial charge >= 0.3 is 0 Å². The molecule has 1 aliphatic heterocycles. The molecular formula is C16H27N3O. The summed E-state index contributed by atoms with van der Waals surface area (Å²) < 4.78 is 0. The second-order valence-electron chi connectivity index (χ2n) is 6.91. The highest BCUT2D eigenvalue weighted by molar-refractivity contribution is 5.40. The fourth-order valence-electron chi connectivity index (χ4n) is 2.33. The summed E-state index contributed by atoms with van der Waals surface area (Å²) in [6.45, 7) is 11.1. The number of β-amino-alcohol motifs (C(OH)–C–C–N with tert-alkyl or cyclic N) is 1. The van der Waals surface area contributed by atoms with Gasteiger partial charge in [0.05, 0.1) is 6.10 Å². The number of piperidine rings is 1. The second kappa shape index (κ2) is 6.10. The summed E-state index contributed by atoms with van der Waals surface area (Å²) in [5, 5.41) is 13.4. The lowest BCUT2D eigenvalue weighted by molar-refractivity contribution is 0.102. The number of rotatable bonds is 3. The van der Waals surface area contributed by atoms with E-state index in [0.29, 0.717) is 12.5 Å². The molecule has 1 aromatic heterocycles. The zero-order valence-electron chi connectivity index (χ0n) is 13.1. The number of hydrogen-bond acceptors (Lipinski definition) is 4. The van der Waals surface area contributed by atoms with Crippen molar-refractivity contribution in [2.45, 2.75) is 52.3 Å². The second-order valence-corrected chi connectivity index (χ2v) is 6.91. The van der Waals surface area contributed by atoms with Gasteiger partial charge in [0.15, 0.2) is 0 Å². The topological polar surface area (TPSA) is 48.4 Å². The average molecular weight is 277 g/mol. The van der Waals surface area contributed by atoms with E-state index >= 15 is 0 Å². The quantitative estimate of drug-likeness (QED) is 0.889. The van der Waals surface area contributed by atoms with Gasteiger partial charge < -0.3 is 15.3 Å². The molecule has 4 heteroatoms. The summed E-state index contributed by atoms with van der Waals surface area (Å²) in [5.74, 6) is 1.36. The zero-order chi connectivity index (χ0) is 14.8. The van der Waals surface area contributed by atoms with Crippen molar-refractivity contribution < 1.29 is 5.11 Å². The number of aliphatic hydroxyl groups excluding tert-OH is 1. The Morgan fingerprint density at radius 3 is 2.70 bits per heavy atom. The molecule has 1 aliphatic rings. The molecule has 2 rings (SSSR count). The summed E-state index contributed by atoms with van der Waals surface area (Å²) in [4.78, 5) is 6.71. The van der Waals surface area contributed by atoms with Crippen LogP contribution in [0.1, 0.15) is 39.7 Å². The standard InChI is InChI=1S/C16H27N3O/c1-12-7-8-19(11-14(12)20)15-6-5-13(9-17-15)10-18-16(2,3)4/h5-6,9,12,14,18,20H,7-8,10-11H2,1-4H3. The first-order chi connectivity index (χ1) is 9.35. The van der Waals surface area contributed by atoms with Gasteiger partial charge in [-0.05, 0) is 44.7 Å². The predicted molar refractivity (Wildman–Crippen MR) is 82.8 cm³/mol. The third-order valence-corrected chi connectivity index (χ3v) is 3.87. The van der Waals surface area contributed by atoms with Gasteiger partial charge in [-0.3, -0.25) is 0 Å². The van der Waals surface area contributed by atoms with Crippen molar-refractivity contribution in [1.29, 1.82) is 0 Å². The molecule has 0 aromatic carbocycles. The maximum Gasteiger partial charge on any atom is 0.128 e. The van der Waals surface area contributed by atoms with Crippen LogP contribution in [0.15, 0.2) is 18.3 Å². The van der Waals surface area contributed by atoms with E-state index in [1.807, 2.05) is 6.20 Å². The van der Waals surface area contributed by atoms with Crippen LogP contribution in [0.3, 0.4) is 0 Å². The minimum Gasteiger partial charge on any atom is -0.391 e.